The van der Waals surface area contributed by atoms with Crippen LogP contribution in [0.5, 0.6) is 0 Å². The zero-order valence-corrected chi connectivity index (χ0v) is 12.1. The second-order valence-corrected chi connectivity index (χ2v) is 5.88. The average molecular weight is 303 g/mol. The van der Waals surface area contributed by atoms with E-state index in [0.717, 1.165) is 12.0 Å². The lowest BCUT2D eigenvalue weighted by Gasteiger charge is -2.34. The Bertz CT molecular complexity index is 433. The van der Waals surface area contributed by atoms with Gasteiger partial charge in [0.1, 0.15) is 5.82 Å². The first-order valence-electron chi connectivity index (χ1n) is 7.38. The highest BCUT2D eigenvalue weighted by molar-refractivity contribution is 5.17. The number of rotatable bonds is 4. The Kier molecular flexibility index (Phi) is 5.25. The lowest BCUT2D eigenvalue weighted by atomic mass is 9.77. The third-order valence-electron chi connectivity index (χ3n) is 4.54. The third kappa shape index (κ3) is 4.43. The molecule has 1 aromatic rings. The molecule has 5 heteroatoms. The van der Waals surface area contributed by atoms with Gasteiger partial charge in [0.25, 0.3) is 0 Å². The number of halogens is 4. The van der Waals surface area contributed by atoms with Crippen molar-refractivity contribution in [3.8, 4) is 0 Å². The molecule has 0 saturated heterocycles. The van der Waals surface area contributed by atoms with Crippen molar-refractivity contribution in [3.05, 3.63) is 35.6 Å². The predicted octanol–water partition coefficient (Wildman–Crippen LogP) is 4.32. The van der Waals surface area contributed by atoms with Crippen molar-refractivity contribution in [2.75, 3.05) is 7.05 Å². The van der Waals surface area contributed by atoms with Crippen molar-refractivity contribution in [1.29, 1.82) is 0 Å². The van der Waals surface area contributed by atoms with Gasteiger partial charge in [-0.05, 0) is 62.8 Å². The molecule has 0 spiro atoms. The van der Waals surface area contributed by atoms with Crippen molar-refractivity contribution >= 4 is 0 Å². The monoisotopic (exact) mass is 303 g/mol. The molecule has 1 N–H and O–H groups in total. The quantitative estimate of drug-likeness (QED) is 0.817. The van der Waals surface area contributed by atoms with E-state index in [0.29, 0.717) is 12.8 Å². The molecule has 1 aliphatic rings. The highest BCUT2D eigenvalue weighted by Gasteiger charge is 2.42. The van der Waals surface area contributed by atoms with E-state index in [1.807, 2.05) is 7.05 Å². The standard InChI is InChI=1S/C16H21F4N/c1-21-15(10-11-2-8-14(17)9-3-11)12-4-6-13(7-5-12)16(18,19)20/h2-3,8-9,12-13,15,21H,4-7,10H2,1H3. The van der Waals surface area contributed by atoms with E-state index < -0.39 is 12.1 Å². The van der Waals surface area contributed by atoms with Crippen LogP contribution in [0.15, 0.2) is 24.3 Å². The van der Waals surface area contributed by atoms with Crippen LogP contribution < -0.4 is 5.32 Å². The number of hydrogen-bond acceptors (Lipinski definition) is 1. The lowest BCUT2D eigenvalue weighted by Crippen LogP contribution is -2.39. The molecule has 1 aliphatic carbocycles. The first-order valence-corrected chi connectivity index (χ1v) is 7.38. The van der Waals surface area contributed by atoms with Crippen LogP contribution in [0, 0.1) is 17.7 Å². The molecular formula is C16H21F4N. The molecule has 0 aliphatic heterocycles. The summed E-state index contributed by atoms with van der Waals surface area (Å²) >= 11 is 0. The molecule has 1 aromatic carbocycles. The Morgan fingerprint density at radius 1 is 1.10 bits per heavy atom. The van der Waals surface area contributed by atoms with Gasteiger partial charge in [0.05, 0.1) is 5.92 Å². The van der Waals surface area contributed by atoms with Crippen LogP contribution in [0.25, 0.3) is 0 Å². The maximum atomic E-state index is 12.9. The molecule has 0 aromatic heterocycles. The van der Waals surface area contributed by atoms with Crippen molar-refractivity contribution in [1.82, 2.24) is 5.32 Å². The molecule has 0 amide bonds. The van der Waals surface area contributed by atoms with E-state index in [1.165, 1.54) is 12.1 Å². The number of hydrogen-bond donors (Lipinski definition) is 1. The van der Waals surface area contributed by atoms with Gasteiger partial charge < -0.3 is 5.32 Å². The maximum absolute atomic E-state index is 12.9. The minimum absolute atomic E-state index is 0.143. The summed E-state index contributed by atoms with van der Waals surface area (Å²) in [6, 6.07) is 6.46. The summed E-state index contributed by atoms with van der Waals surface area (Å²) < 4.78 is 50.9. The van der Waals surface area contributed by atoms with Gasteiger partial charge in [-0.2, -0.15) is 13.2 Å². The summed E-state index contributed by atoms with van der Waals surface area (Å²) in [5, 5.41) is 3.21. The first-order chi connectivity index (χ1) is 9.90. The molecule has 1 saturated carbocycles. The van der Waals surface area contributed by atoms with Crippen molar-refractivity contribution in [2.24, 2.45) is 11.8 Å². The molecule has 0 radical (unpaired) electrons. The Morgan fingerprint density at radius 3 is 2.14 bits per heavy atom. The fraction of sp³-hybridized carbons (Fsp3) is 0.625. The Balaban J connectivity index is 1.92. The molecule has 2 rings (SSSR count). The van der Waals surface area contributed by atoms with Crippen LogP contribution in [0.1, 0.15) is 31.2 Å². The van der Waals surface area contributed by atoms with Gasteiger partial charge in [0, 0.05) is 6.04 Å². The third-order valence-corrected chi connectivity index (χ3v) is 4.54. The fourth-order valence-electron chi connectivity index (χ4n) is 3.23. The SMILES string of the molecule is CNC(Cc1ccc(F)cc1)C1CCC(C(F)(F)F)CC1. The Hall–Kier alpha value is -1.10. The first kappa shape index (κ1) is 16.3. The lowest BCUT2D eigenvalue weighted by molar-refractivity contribution is -0.184. The summed E-state index contributed by atoms with van der Waals surface area (Å²) in [6.07, 6.45) is -1.71. The number of likely N-dealkylation sites (N-methyl/N-ethyl adjacent to an activating group) is 1. The number of alkyl halides is 3. The van der Waals surface area contributed by atoms with Crippen LogP contribution in [0.3, 0.4) is 0 Å². The van der Waals surface area contributed by atoms with Gasteiger partial charge in [-0.15, -0.1) is 0 Å². The maximum Gasteiger partial charge on any atom is 0.391 e. The van der Waals surface area contributed by atoms with Gasteiger partial charge in [0.15, 0.2) is 0 Å². The van der Waals surface area contributed by atoms with Gasteiger partial charge in [0.2, 0.25) is 0 Å². The zero-order chi connectivity index (χ0) is 15.5. The van der Waals surface area contributed by atoms with Crippen LogP contribution in [0.4, 0.5) is 17.6 Å². The summed E-state index contributed by atoms with van der Waals surface area (Å²) in [6.45, 7) is 0. The molecule has 1 unspecified atom stereocenters. The fourth-order valence-corrected chi connectivity index (χ4v) is 3.23. The van der Waals surface area contributed by atoms with Gasteiger partial charge in [-0.1, -0.05) is 12.1 Å². The van der Waals surface area contributed by atoms with E-state index in [2.05, 4.69) is 5.32 Å². The predicted molar refractivity (Wildman–Crippen MR) is 74.5 cm³/mol. The van der Waals surface area contributed by atoms with Crippen LogP contribution >= 0.6 is 0 Å². The second kappa shape index (κ2) is 6.77. The van der Waals surface area contributed by atoms with Crippen molar-refractivity contribution < 1.29 is 17.6 Å². The smallest absolute Gasteiger partial charge is 0.316 e. The Morgan fingerprint density at radius 2 is 1.67 bits per heavy atom. The summed E-state index contributed by atoms with van der Waals surface area (Å²) in [7, 11) is 1.84. The van der Waals surface area contributed by atoms with E-state index in [-0.39, 0.29) is 30.6 Å². The second-order valence-electron chi connectivity index (χ2n) is 5.88. The number of nitrogens with one attached hydrogen (secondary N) is 1. The molecule has 0 heterocycles. The van der Waals surface area contributed by atoms with Crippen molar-refractivity contribution in [3.63, 3.8) is 0 Å². The van der Waals surface area contributed by atoms with Crippen LogP contribution in [-0.2, 0) is 6.42 Å². The molecule has 1 nitrogen and oxygen atoms in total. The van der Waals surface area contributed by atoms with E-state index in [1.54, 1.807) is 12.1 Å². The number of benzene rings is 1. The van der Waals surface area contributed by atoms with Crippen LogP contribution in [-0.4, -0.2) is 19.3 Å². The average Bonchev–Trinajstić information content (AvgIpc) is 2.46. The van der Waals surface area contributed by atoms with Crippen molar-refractivity contribution in [2.45, 2.75) is 44.3 Å². The summed E-state index contributed by atoms with van der Waals surface area (Å²) in [5.74, 6) is -1.17. The summed E-state index contributed by atoms with van der Waals surface area (Å²) in [4.78, 5) is 0. The zero-order valence-electron chi connectivity index (χ0n) is 12.1. The topological polar surface area (TPSA) is 12.0 Å². The van der Waals surface area contributed by atoms with Gasteiger partial charge >= 0.3 is 6.18 Å². The Labute approximate surface area is 122 Å². The highest BCUT2D eigenvalue weighted by Crippen LogP contribution is 2.40. The molecule has 1 atom stereocenters. The minimum atomic E-state index is -4.06. The van der Waals surface area contributed by atoms with E-state index >= 15 is 0 Å². The molecule has 0 bridgehead atoms. The molecule has 1 fully saturated rings. The molecule has 118 valence electrons. The minimum Gasteiger partial charge on any atom is -0.316 e. The van der Waals surface area contributed by atoms with E-state index in [9.17, 15) is 17.6 Å². The molecular weight excluding hydrogens is 282 g/mol. The summed E-state index contributed by atoms with van der Waals surface area (Å²) in [5.41, 5.74) is 1.01. The van der Waals surface area contributed by atoms with Crippen LogP contribution in [0.2, 0.25) is 0 Å². The van der Waals surface area contributed by atoms with Gasteiger partial charge in [-0.25, -0.2) is 4.39 Å². The normalized spacial score (nSPS) is 24.8. The van der Waals surface area contributed by atoms with E-state index in [4.69, 9.17) is 0 Å². The largest absolute Gasteiger partial charge is 0.391 e. The highest BCUT2D eigenvalue weighted by atomic mass is 19.4. The van der Waals surface area contributed by atoms with Gasteiger partial charge in [-0.3, -0.25) is 0 Å². The molecule has 21 heavy (non-hydrogen) atoms.